The predicted molar refractivity (Wildman–Crippen MR) is 113 cm³/mol. The minimum atomic E-state index is -6.24. The Balaban J connectivity index is 2.10. The Morgan fingerprint density at radius 2 is 1.69 bits per heavy atom. The van der Waals surface area contributed by atoms with Gasteiger partial charge in [-0.3, -0.25) is 4.79 Å². The second-order valence-corrected chi connectivity index (χ2v) is 9.58. The Hall–Kier alpha value is -2.44. The van der Waals surface area contributed by atoms with Gasteiger partial charge in [0.25, 0.3) is 5.60 Å². The van der Waals surface area contributed by atoms with E-state index in [1.807, 2.05) is 0 Å². The van der Waals surface area contributed by atoms with Crippen LogP contribution in [0.3, 0.4) is 0 Å². The van der Waals surface area contributed by atoms with Crippen molar-refractivity contribution in [1.29, 1.82) is 0 Å². The molecule has 0 spiro atoms. The highest BCUT2D eigenvalue weighted by Gasteiger charge is 2.72. The molecule has 188 valence electrons. The van der Waals surface area contributed by atoms with Crippen LogP contribution < -0.4 is 0 Å². The molecule has 3 aromatic rings. The molecule has 2 N–H and O–H groups in total. The Bertz CT molecular complexity index is 1290. The number of hydrogen-bond donors (Lipinski definition) is 2. The number of hydrogen-bond acceptors (Lipinski definition) is 3. The van der Waals surface area contributed by atoms with Crippen LogP contribution in [0.1, 0.15) is 30.0 Å². The molecule has 1 aliphatic rings. The van der Waals surface area contributed by atoms with Gasteiger partial charge in [-0.05, 0) is 42.8 Å². The number of benzene rings is 2. The molecule has 1 unspecified atom stereocenters. The van der Waals surface area contributed by atoms with E-state index in [0.29, 0.717) is 9.92 Å². The maximum absolute atomic E-state index is 14.5. The highest BCUT2D eigenvalue weighted by molar-refractivity contribution is 7.99. The summed E-state index contributed by atoms with van der Waals surface area (Å²) in [6, 6.07) is 6.68. The number of carboxylic acids is 1. The Kier molecular flexibility index (Phi) is 6.30. The lowest BCUT2D eigenvalue weighted by Crippen LogP contribution is -2.54. The van der Waals surface area contributed by atoms with Crippen molar-refractivity contribution in [2.45, 2.75) is 53.0 Å². The molecule has 2 aromatic carbocycles. The third-order valence-electron chi connectivity index (χ3n) is 5.88. The number of carboxylic acid groups (broad SMARTS) is 1. The molecule has 0 radical (unpaired) electrons. The van der Waals surface area contributed by atoms with Gasteiger partial charge in [0.05, 0.1) is 11.9 Å². The molecule has 4 nitrogen and oxygen atoms in total. The summed E-state index contributed by atoms with van der Waals surface area (Å²) >= 11 is 6.65. The van der Waals surface area contributed by atoms with Crippen LogP contribution in [-0.2, 0) is 16.9 Å². The summed E-state index contributed by atoms with van der Waals surface area (Å²) in [5, 5.41) is 19.1. The van der Waals surface area contributed by atoms with Crippen LogP contribution in [0.4, 0.5) is 30.7 Å². The van der Waals surface area contributed by atoms with Gasteiger partial charge >= 0.3 is 18.3 Å². The summed E-state index contributed by atoms with van der Waals surface area (Å²) in [5.74, 6) is -3.38. The molecule has 4 rings (SSSR count). The minimum Gasteiger partial charge on any atom is -0.481 e. The first-order chi connectivity index (χ1) is 16.1. The molecule has 13 heteroatoms. The lowest BCUT2D eigenvalue weighted by atomic mass is 9.88. The number of aliphatic hydroxyl groups is 1. The third-order valence-corrected chi connectivity index (χ3v) is 7.25. The van der Waals surface area contributed by atoms with Gasteiger partial charge in [-0.1, -0.05) is 23.4 Å². The monoisotopic (exact) mass is 541 g/mol. The van der Waals surface area contributed by atoms with Crippen LogP contribution >= 0.6 is 23.4 Å². The summed E-state index contributed by atoms with van der Waals surface area (Å²) in [6.45, 7) is 0.0459. The van der Waals surface area contributed by atoms with Gasteiger partial charge in [0, 0.05) is 43.9 Å². The molecule has 0 amide bonds. The molecular weight excluding hydrogens is 527 g/mol. The fourth-order valence-electron chi connectivity index (χ4n) is 4.38. The standard InChI is InChI=1S/C22H15ClF7NO3S/c23-11-1-3-13(4-2-11)35-19-17-14(20(34,21(25,26)27)22(28,29)30)8-12(24)9-15(17)31-6-5-10(18(19)31)7-16(32)33/h1-4,8-10,34H,5-7H2,(H,32,33). The van der Waals surface area contributed by atoms with Crippen molar-refractivity contribution in [3.8, 4) is 0 Å². The first-order valence-electron chi connectivity index (χ1n) is 10.0. The fourth-order valence-corrected chi connectivity index (χ4v) is 5.71. The number of nitrogens with zero attached hydrogens (tertiary/aromatic N) is 1. The number of rotatable bonds is 5. The van der Waals surface area contributed by atoms with Crippen molar-refractivity contribution >= 4 is 40.2 Å². The first kappa shape index (κ1) is 25.6. The molecule has 0 saturated heterocycles. The van der Waals surface area contributed by atoms with E-state index in [1.54, 1.807) is 0 Å². The number of aromatic nitrogens is 1. The molecule has 0 aliphatic carbocycles. The normalized spacial score (nSPS) is 16.7. The van der Waals surface area contributed by atoms with E-state index in [-0.39, 0.29) is 35.1 Å². The van der Waals surface area contributed by atoms with Crippen molar-refractivity contribution in [3.63, 3.8) is 0 Å². The Morgan fingerprint density at radius 1 is 1.09 bits per heavy atom. The average Bonchev–Trinajstić information content (AvgIpc) is 3.26. The van der Waals surface area contributed by atoms with Gasteiger partial charge in [0.2, 0.25) is 0 Å². The van der Waals surface area contributed by atoms with Crippen LogP contribution in [-0.4, -0.2) is 33.1 Å². The van der Waals surface area contributed by atoms with Crippen molar-refractivity contribution < 1.29 is 45.7 Å². The van der Waals surface area contributed by atoms with E-state index >= 15 is 0 Å². The molecule has 1 aliphatic heterocycles. The van der Waals surface area contributed by atoms with Gasteiger partial charge in [-0.25, -0.2) is 4.39 Å². The summed E-state index contributed by atoms with van der Waals surface area (Å²) in [4.78, 5) is 11.7. The number of aliphatic carboxylic acids is 1. The quantitative estimate of drug-likeness (QED) is 0.346. The highest BCUT2D eigenvalue weighted by Crippen LogP contribution is 2.55. The number of alkyl halides is 6. The molecule has 1 aromatic heterocycles. The largest absolute Gasteiger partial charge is 0.481 e. The zero-order valence-corrected chi connectivity index (χ0v) is 18.9. The van der Waals surface area contributed by atoms with Crippen molar-refractivity contribution in [3.05, 3.63) is 58.5 Å². The average molecular weight is 542 g/mol. The lowest BCUT2D eigenvalue weighted by Gasteiger charge is -2.33. The maximum Gasteiger partial charge on any atom is 0.430 e. The van der Waals surface area contributed by atoms with E-state index < -0.39 is 53.0 Å². The van der Waals surface area contributed by atoms with Crippen LogP contribution in [0, 0.1) is 5.82 Å². The number of carbonyl (C=O) groups is 1. The van der Waals surface area contributed by atoms with Crippen molar-refractivity contribution in [2.75, 3.05) is 0 Å². The fraction of sp³-hybridized carbons (Fsp3) is 0.318. The predicted octanol–water partition coefficient (Wildman–Crippen LogP) is 6.86. The Morgan fingerprint density at radius 3 is 2.23 bits per heavy atom. The summed E-state index contributed by atoms with van der Waals surface area (Å²) < 4.78 is 98.6. The molecule has 2 heterocycles. The zero-order chi connectivity index (χ0) is 25.9. The van der Waals surface area contributed by atoms with E-state index in [0.717, 1.165) is 17.8 Å². The molecule has 1 atom stereocenters. The Labute approximate surface area is 202 Å². The van der Waals surface area contributed by atoms with E-state index in [4.69, 9.17) is 11.6 Å². The summed E-state index contributed by atoms with van der Waals surface area (Å²) in [7, 11) is 0. The first-order valence-corrected chi connectivity index (χ1v) is 11.2. The highest BCUT2D eigenvalue weighted by atomic mass is 35.5. The maximum atomic E-state index is 14.5. The number of aryl methyl sites for hydroxylation is 1. The van der Waals surface area contributed by atoms with Crippen molar-refractivity contribution in [2.24, 2.45) is 0 Å². The van der Waals surface area contributed by atoms with Gasteiger partial charge in [-0.2, -0.15) is 26.3 Å². The zero-order valence-electron chi connectivity index (χ0n) is 17.3. The van der Waals surface area contributed by atoms with E-state index in [1.165, 1.54) is 28.8 Å². The van der Waals surface area contributed by atoms with Gasteiger partial charge in [-0.15, -0.1) is 0 Å². The summed E-state index contributed by atoms with van der Waals surface area (Å²) in [6.07, 6.45) is -12.7. The molecular formula is C22H15ClF7NO3S. The van der Waals surface area contributed by atoms with Crippen LogP contribution in [0.5, 0.6) is 0 Å². The number of fused-ring (bicyclic) bond motifs is 3. The van der Waals surface area contributed by atoms with Crippen LogP contribution in [0.25, 0.3) is 10.9 Å². The third kappa shape index (κ3) is 4.25. The van der Waals surface area contributed by atoms with E-state index in [2.05, 4.69) is 0 Å². The van der Waals surface area contributed by atoms with Crippen LogP contribution in [0.15, 0.2) is 46.2 Å². The smallest absolute Gasteiger partial charge is 0.430 e. The second-order valence-electron chi connectivity index (χ2n) is 8.06. The van der Waals surface area contributed by atoms with E-state index in [9.17, 15) is 45.7 Å². The molecule has 35 heavy (non-hydrogen) atoms. The molecule has 0 bridgehead atoms. The molecule has 0 saturated carbocycles. The van der Waals surface area contributed by atoms with Gasteiger partial charge in [0.15, 0.2) is 0 Å². The summed E-state index contributed by atoms with van der Waals surface area (Å²) in [5.41, 5.74) is -7.22. The molecule has 0 fully saturated rings. The second kappa shape index (κ2) is 8.59. The lowest BCUT2D eigenvalue weighted by molar-refractivity contribution is -0.375. The van der Waals surface area contributed by atoms with Crippen molar-refractivity contribution in [1.82, 2.24) is 4.57 Å². The van der Waals surface area contributed by atoms with Gasteiger partial charge in [0.1, 0.15) is 5.82 Å². The topological polar surface area (TPSA) is 62.5 Å². The van der Waals surface area contributed by atoms with Crippen LogP contribution in [0.2, 0.25) is 5.02 Å². The number of halogens is 8. The van der Waals surface area contributed by atoms with Gasteiger partial charge < -0.3 is 14.8 Å². The minimum absolute atomic E-state index is 0.0250. The SMILES string of the molecule is O=C(O)CC1CCn2c1c(Sc1ccc(Cl)cc1)c1c(C(O)(C(F)(F)F)C(F)(F)F)cc(F)cc12.